The molecule has 1 saturated carbocycles. The Hall–Kier alpha value is -2.14. The summed E-state index contributed by atoms with van der Waals surface area (Å²) in [5, 5.41) is 3.14. The lowest BCUT2D eigenvalue weighted by molar-refractivity contribution is 0.0907. The fourth-order valence-electron chi connectivity index (χ4n) is 3.63. The summed E-state index contributed by atoms with van der Waals surface area (Å²) >= 11 is 0. The number of aryl methyl sites for hydroxylation is 1. The maximum atomic E-state index is 12.6. The van der Waals surface area contributed by atoms with E-state index in [1.165, 1.54) is 5.56 Å². The van der Waals surface area contributed by atoms with Crippen LogP contribution in [0.25, 0.3) is 0 Å². The maximum Gasteiger partial charge on any atom is 0.289 e. The average molecular weight is 339 g/mol. The zero-order valence-corrected chi connectivity index (χ0v) is 14.9. The van der Waals surface area contributed by atoms with Gasteiger partial charge >= 0.3 is 0 Å². The van der Waals surface area contributed by atoms with Crippen LogP contribution in [0.5, 0.6) is 0 Å². The van der Waals surface area contributed by atoms with Crippen molar-refractivity contribution < 1.29 is 9.21 Å². The third kappa shape index (κ3) is 3.61. The van der Waals surface area contributed by atoms with Crippen molar-refractivity contribution in [2.75, 3.05) is 6.54 Å². The van der Waals surface area contributed by atoms with Gasteiger partial charge in [-0.15, -0.1) is 0 Å². The smallest absolute Gasteiger partial charge is 0.289 e. The van der Waals surface area contributed by atoms with Gasteiger partial charge in [0.1, 0.15) is 0 Å². The van der Waals surface area contributed by atoms with Crippen molar-refractivity contribution in [2.24, 2.45) is 0 Å². The monoisotopic (exact) mass is 339 g/mol. The van der Waals surface area contributed by atoms with Crippen LogP contribution in [0.15, 0.2) is 34.7 Å². The van der Waals surface area contributed by atoms with Gasteiger partial charge in [-0.2, -0.15) is 0 Å². The zero-order chi connectivity index (χ0) is 17.4. The van der Waals surface area contributed by atoms with Crippen LogP contribution in [-0.4, -0.2) is 34.4 Å². The van der Waals surface area contributed by atoms with Gasteiger partial charge < -0.3 is 9.73 Å². The summed E-state index contributed by atoms with van der Waals surface area (Å²) in [5.41, 5.74) is 2.01. The van der Waals surface area contributed by atoms with Crippen LogP contribution in [-0.2, 0) is 6.54 Å². The Morgan fingerprint density at radius 3 is 2.80 bits per heavy atom. The Morgan fingerprint density at radius 1 is 1.32 bits per heavy atom. The summed E-state index contributed by atoms with van der Waals surface area (Å²) in [4.78, 5) is 19.4. The molecule has 1 aromatic heterocycles. The van der Waals surface area contributed by atoms with E-state index in [-0.39, 0.29) is 11.9 Å². The number of likely N-dealkylation sites (tertiary alicyclic amines) is 1. The van der Waals surface area contributed by atoms with E-state index < -0.39 is 0 Å². The van der Waals surface area contributed by atoms with Gasteiger partial charge in [0.05, 0.1) is 5.69 Å². The molecule has 1 amide bonds. The largest absolute Gasteiger partial charge is 0.435 e. The first-order valence-corrected chi connectivity index (χ1v) is 9.16. The normalized spacial score (nSPS) is 23.8. The van der Waals surface area contributed by atoms with Crippen LogP contribution in [0, 0.1) is 6.92 Å². The van der Waals surface area contributed by atoms with Gasteiger partial charge in [0.2, 0.25) is 5.76 Å². The number of amides is 1. The maximum absolute atomic E-state index is 12.6. The second-order valence-corrected chi connectivity index (χ2v) is 7.41. The van der Waals surface area contributed by atoms with Gasteiger partial charge in [-0.25, -0.2) is 4.98 Å². The number of nitrogens with zero attached hydrogens (tertiary/aromatic N) is 2. The molecule has 0 radical (unpaired) electrons. The molecular formula is C20H25N3O2. The summed E-state index contributed by atoms with van der Waals surface area (Å²) in [6, 6.07) is 11.1. The summed E-state index contributed by atoms with van der Waals surface area (Å²) in [7, 11) is 0. The number of benzene rings is 1. The molecule has 2 heterocycles. The molecule has 25 heavy (non-hydrogen) atoms. The molecule has 2 aliphatic rings. The standard InChI is InChI=1S/C20H25N3O2/c1-13-10-17(12-23(13)11-15-6-4-3-5-7-15)22-19(24)18-14(2)21-20(25-18)16-8-9-16/h3-7,13,16-17H,8-12H2,1-2H3,(H,22,24)/t13-,17+/m0/s1. The van der Waals surface area contributed by atoms with Gasteiger partial charge in [0.25, 0.3) is 5.91 Å². The van der Waals surface area contributed by atoms with Gasteiger partial charge in [-0.05, 0) is 38.7 Å². The summed E-state index contributed by atoms with van der Waals surface area (Å²) in [6.45, 7) is 5.86. The molecule has 132 valence electrons. The highest BCUT2D eigenvalue weighted by atomic mass is 16.4. The third-order valence-electron chi connectivity index (χ3n) is 5.21. The number of carbonyl (C=O) groups is 1. The van der Waals surface area contributed by atoms with Gasteiger partial charge in [-0.3, -0.25) is 9.69 Å². The molecule has 0 spiro atoms. The Kier molecular flexibility index (Phi) is 4.34. The van der Waals surface area contributed by atoms with Crippen LogP contribution in [0.2, 0.25) is 0 Å². The fourth-order valence-corrected chi connectivity index (χ4v) is 3.63. The van der Waals surface area contributed by atoms with Crippen LogP contribution in [0.1, 0.15) is 59.8 Å². The van der Waals surface area contributed by atoms with Crippen molar-refractivity contribution >= 4 is 5.91 Å². The van der Waals surface area contributed by atoms with Crippen molar-refractivity contribution in [3.63, 3.8) is 0 Å². The molecule has 0 bridgehead atoms. The number of oxazole rings is 1. The molecule has 2 fully saturated rings. The van der Waals surface area contributed by atoms with E-state index in [1.807, 2.05) is 13.0 Å². The SMILES string of the molecule is Cc1nc(C2CC2)oc1C(=O)N[C@@H]1C[C@H](C)N(Cc2ccccc2)C1. The van der Waals surface area contributed by atoms with Crippen LogP contribution in [0.3, 0.4) is 0 Å². The summed E-state index contributed by atoms with van der Waals surface area (Å²) in [5.74, 6) is 1.41. The molecule has 5 heteroatoms. The van der Waals surface area contributed by atoms with E-state index in [0.29, 0.717) is 23.4 Å². The quantitative estimate of drug-likeness (QED) is 0.908. The molecule has 1 aliphatic heterocycles. The number of hydrogen-bond acceptors (Lipinski definition) is 4. The molecule has 1 saturated heterocycles. The van der Waals surface area contributed by atoms with Crippen LogP contribution < -0.4 is 5.32 Å². The Balaban J connectivity index is 1.37. The Labute approximate surface area is 148 Å². The molecule has 0 unspecified atom stereocenters. The number of rotatable bonds is 5. The highest BCUT2D eigenvalue weighted by Gasteiger charge is 2.33. The highest BCUT2D eigenvalue weighted by Crippen LogP contribution is 2.40. The minimum Gasteiger partial charge on any atom is -0.435 e. The Morgan fingerprint density at radius 2 is 2.08 bits per heavy atom. The molecular weight excluding hydrogens is 314 g/mol. The molecule has 1 aliphatic carbocycles. The van der Waals surface area contributed by atoms with E-state index in [0.717, 1.165) is 38.2 Å². The second-order valence-electron chi connectivity index (χ2n) is 7.41. The zero-order valence-electron chi connectivity index (χ0n) is 14.9. The predicted octanol–water partition coefficient (Wildman–Crippen LogP) is 3.25. The van der Waals surface area contributed by atoms with E-state index >= 15 is 0 Å². The third-order valence-corrected chi connectivity index (χ3v) is 5.21. The minimum absolute atomic E-state index is 0.129. The highest BCUT2D eigenvalue weighted by molar-refractivity contribution is 5.92. The fraction of sp³-hybridized carbons (Fsp3) is 0.500. The first-order valence-electron chi connectivity index (χ1n) is 9.16. The molecule has 1 aromatic carbocycles. The predicted molar refractivity (Wildman–Crippen MR) is 95.4 cm³/mol. The molecule has 2 aromatic rings. The van der Waals surface area contributed by atoms with Crippen molar-refractivity contribution in [1.29, 1.82) is 0 Å². The molecule has 4 rings (SSSR count). The van der Waals surface area contributed by atoms with Gasteiger partial charge in [0, 0.05) is 31.1 Å². The number of carbonyl (C=O) groups excluding carboxylic acids is 1. The van der Waals surface area contributed by atoms with Crippen LogP contribution in [0.4, 0.5) is 0 Å². The first kappa shape index (κ1) is 16.3. The molecule has 5 nitrogen and oxygen atoms in total. The lowest BCUT2D eigenvalue weighted by Gasteiger charge is -2.20. The summed E-state index contributed by atoms with van der Waals surface area (Å²) < 4.78 is 5.72. The Bertz CT molecular complexity index is 752. The van der Waals surface area contributed by atoms with Gasteiger partial charge in [0.15, 0.2) is 5.89 Å². The summed E-state index contributed by atoms with van der Waals surface area (Å²) in [6.07, 6.45) is 3.20. The topological polar surface area (TPSA) is 58.4 Å². The van der Waals surface area contributed by atoms with Crippen molar-refractivity contribution in [3.8, 4) is 0 Å². The number of nitrogens with one attached hydrogen (secondary N) is 1. The lowest BCUT2D eigenvalue weighted by Crippen LogP contribution is -2.37. The van der Waals surface area contributed by atoms with Crippen molar-refractivity contribution in [3.05, 3.63) is 53.2 Å². The minimum atomic E-state index is -0.129. The van der Waals surface area contributed by atoms with E-state index in [1.54, 1.807) is 0 Å². The van der Waals surface area contributed by atoms with Crippen molar-refractivity contribution in [2.45, 2.75) is 57.7 Å². The average Bonchev–Trinajstić information content (AvgIpc) is 3.29. The number of aromatic nitrogens is 1. The van der Waals surface area contributed by atoms with E-state index in [2.05, 4.69) is 46.4 Å². The van der Waals surface area contributed by atoms with E-state index in [4.69, 9.17) is 4.42 Å². The molecule has 1 N–H and O–H groups in total. The number of hydrogen-bond donors (Lipinski definition) is 1. The van der Waals surface area contributed by atoms with Crippen molar-refractivity contribution in [1.82, 2.24) is 15.2 Å². The van der Waals surface area contributed by atoms with Crippen LogP contribution >= 0.6 is 0 Å². The van der Waals surface area contributed by atoms with E-state index in [9.17, 15) is 4.79 Å². The second kappa shape index (κ2) is 6.64. The van der Waals surface area contributed by atoms with Gasteiger partial charge in [-0.1, -0.05) is 30.3 Å². The first-order chi connectivity index (χ1) is 12.1. The molecule has 2 atom stereocenters. The lowest BCUT2D eigenvalue weighted by atomic mass is 10.2.